The summed E-state index contributed by atoms with van der Waals surface area (Å²) in [6, 6.07) is 26.8. The second-order valence-corrected chi connectivity index (χ2v) is 8.63. The highest BCUT2D eigenvalue weighted by atomic mass is 16.1. The zero-order valence-corrected chi connectivity index (χ0v) is 19.0. The molecule has 0 unspecified atom stereocenters. The van der Waals surface area contributed by atoms with E-state index in [4.69, 9.17) is 4.98 Å². The predicted octanol–water partition coefficient (Wildman–Crippen LogP) is 6.96. The fraction of sp³-hybridized carbons (Fsp3) is 0.172. The smallest absolute Gasteiger partial charge is 0.224 e. The van der Waals surface area contributed by atoms with Crippen LogP contribution in [-0.2, 0) is 11.2 Å². The number of para-hydroxylation sites is 2. The van der Waals surface area contributed by atoms with Crippen LogP contribution in [0.4, 0.5) is 5.69 Å². The lowest BCUT2D eigenvalue weighted by atomic mass is 10.0. The van der Waals surface area contributed by atoms with Crippen LogP contribution in [-0.4, -0.2) is 15.9 Å². The normalized spacial score (nSPS) is 11.2. The Morgan fingerprint density at radius 3 is 2.64 bits per heavy atom. The Labute approximate surface area is 193 Å². The summed E-state index contributed by atoms with van der Waals surface area (Å²) in [4.78, 5) is 21.1. The van der Waals surface area contributed by atoms with Gasteiger partial charge in [0.2, 0.25) is 5.91 Å². The highest BCUT2D eigenvalue weighted by molar-refractivity contribution is 5.93. The molecule has 0 fully saturated rings. The SMILES string of the molecule is Cc1ccc(NC(=O)CCCc2c(-c3ccc4ccccc4n3)[nH]c3ccccc23)c(C)c1. The fourth-order valence-corrected chi connectivity index (χ4v) is 4.48. The second kappa shape index (κ2) is 8.91. The maximum Gasteiger partial charge on any atom is 0.224 e. The standard InChI is InChI=1S/C29H27N3O/c1-19-14-16-24(20(2)18-19)31-28(33)13-7-10-23-22-9-4-6-12-26(22)32-29(23)27-17-15-21-8-3-5-11-25(21)30-27/h3-6,8-9,11-12,14-18,32H,7,10,13H2,1-2H3,(H,31,33). The highest BCUT2D eigenvalue weighted by Gasteiger charge is 2.15. The number of aryl methyl sites for hydroxylation is 3. The van der Waals surface area contributed by atoms with Crippen molar-refractivity contribution < 1.29 is 4.79 Å². The summed E-state index contributed by atoms with van der Waals surface area (Å²) in [5.74, 6) is 0.0483. The van der Waals surface area contributed by atoms with Crippen LogP contribution in [0, 0.1) is 13.8 Å². The third kappa shape index (κ3) is 4.37. The van der Waals surface area contributed by atoms with Crippen LogP contribution in [0.1, 0.15) is 29.5 Å². The Balaban J connectivity index is 1.37. The molecule has 0 atom stereocenters. The number of hydrogen-bond donors (Lipinski definition) is 2. The number of benzene rings is 3. The van der Waals surface area contributed by atoms with Gasteiger partial charge in [0.25, 0.3) is 0 Å². The first kappa shape index (κ1) is 21.0. The molecule has 4 nitrogen and oxygen atoms in total. The Bertz CT molecular complexity index is 1460. The molecule has 0 saturated heterocycles. The Kier molecular flexibility index (Phi) is 5.66. The van der Waals surface area contributed by atoms with Crippen LogP contribution in [0.25, 0.3) is 33.2 Å². The molecule has 2 N–H and O–H groups in total. The van der Waals surface area contributed by atoms with E-state index >= 15 is 0 Å². The van der Waals surface area contributed by atoms with Gasteiger partial charge < -0.3 is 10.3 Å². The third-order valence-corrected chi connectivity index (χ3v) is 6.15. The number of carbonyl (C=O) groups excluding carboxylic acids is 1. The minimum absolute atomic E-state index is 0.0483. The first-order valence-corrected chi connectivity index (χ1v) is 11.4. The molecule has 0 bridgehead atoms. The van der Waals surface area contributed by atoms with E-state index in [9.17, 15) is 4.79 Å². The van der Waals surface area contributed by atoms with Crippen LogP contribution in [0.15, 0.2) is 78.9 Å². The van der Waals surface area contributed by atoms with Crippen molar-refractivity contribution in [2.45, 2.75) is 33.1 Å². The van der Waals surface area contributed by atoms with E-state index in [2.05, 4.69) is 59.7 Å². The topological polar surface area (TPSA) is 57.8 Å². The molecule has 0 saturated carbocycles. The Morgan fingerprint density at radius 1 is 0.939 bits per heavy atom. The molecule has 0 aliphatic heterocycles. The van der Waals surface area contributed by atoms with Gasteiger partial charge in [0.05, 0.1) is 16.9 Å². The van der Waals surface area contributed by atoms with E-state index in [0.717, 1.165) is 51.9 Å². The van der Waals surface area contributed by atoms with Crippen LogP contribution in [0.5, 0.6) is 0 Å². The van der Waals surface area contributed by atoms with Gasteiger partial charge in [0.15, 0.2) is 0 Å². The summed E-state index contributed by atoms with van der Waals surface area (Å²) >= 11 is 0. The average molecular weight is 434 g/mol. The number of rotatable bonds is 6. The molecule has 5 rings (SSSR count). The van der Waals surface area contributed by atoms with Gasteiger partial charge >= 0.3 is 0 Å². The lowest BCUT2D eigenvalue weighted by molar-refractivity contribution is -0.116. The molecule has 5 aromatic rings. The zero-order chi connectivity index (χ0) is 22.8. The molecular weight excluding hydrogens is 406 g/mol. The minimum atomic E-state index is 0.0483. The summed E-state index contributed by atoms with van der Waals surface area (Å²) in [5.41, 5.74) is 8.43. The molecular formula is C29H27N3O. The van der Waals surface area contributed by atoms with Gasteiger partial charge in [0.1, 0.15) is 0 Å². The molecule has 2 aromatic heterocycles. The minimum Gasteiger partial charge on any atom is -0.353 e. The number of carbonyl (C=O) groups is 1. The van der Waals surface area contributed by atoms with Crippen molar-refractivity contribution in [3.05, 3.63) is 95.6 Å². The molecule has 1 amide bonds. The van der Waals surface area contributed by atoms with Gasteiger partial charge in [-0.1, -0.05) is 60.2 Å². The number of hydrogen-bond acceptors (Lipinski definition) is 2. The van der Waals surface area contributed by atoms with Crippen molar-refractivity contribution in [3.63, 3.8) is 0 Å². The van der Waals surface area contributed by atoms with E-state index in [1.54, 1.807) is 0 Å². The van der Waals surface area contributed by atoms with Gasteiger partial charge in [0, 0.05) is 28.4 Å². The molecule has 4 heteroatoms. The van der Waals surface area contributed by atoms with E-state index in [1.807, 2.05) is 43.3 Å². The van der Waals surface area contributed by atoms with Crippen molar-refractivity contribution in [2.24, 2.45) is 0 Å². The number of amides is 1. The maximum absolute atomic E-state index is 12.6. The van der Waals surface area contributed by atoms with Crippen molar-refractivity contribution in [3.8, 4) is 11.4 Å². The summed E-state index contributed by atoms with van der Waals surface area (Å²) in [6.07, 6.45) is 2.03. The van der Waals surface area contributed by atoms with Gasteiger partial charge in [-0.25, -0.2) is 4.98 Å². The second-order valence-electron chi connectivity index (χ2n) is 8.63. The van der Waals surface area contributed by atoms with E-state index in [0.29, 0.717) is 6.42 Å². The number of pyridine rings is 1. The quantitative estimate of drug-likeness (QED) is 0.304. The molecule has 2 heterocycles. The fourth-order valence-electron chi connectivity index (χ4n) is 4.48. The van der Waals surface area contributed by atoms with Crippen molar-refractivity contribution >= 4 is 33.4 Å². The van der Waals surface area contributed by atoms with E-state index in [-0.39, 0.29) is 5.91 Å². The van der Waals surface area contributed by atoms with Crippen molar-refractivity contribution in [2.75, 3.05) is 5.32 Å². The number of aromatic amines is 1. The third-order valence-electron chi connectivity index (χ3n) is 6.15. The van der Waals surface area contributed by atoms with Gasteiger partial charge in [-0.15, -0.1) is 0 Å². The first-order valence-electron chi connectivity index (χ1n) is 11.4. The monoisotopic (exact) mass is 433 g/mol. The molecule has 0 aliphatic carbocycles. The van der Waals surface area contributed by atoms with Crippen LogP contribution >= 0.6 is 0 Å². The predicted molar refractivity (Wildman–Crippen MR) is 137 cm³/mol. The van der Waals surface area contributed by atoms with E-state index < -0.39 is 0 Å². The highest BCUT2D eigenvalue weighted by Crippen LogP contribution is 2.31. The summed E-state index contributed by atoms with van der Waals surface area (Å²) in [5, 5.41) is 5.38. The molecule has 33 heavy (non-hydrogen) atoms. The summed E-state index contributed by atoms with van der Waals surface area (Å²) in [7, 11) is 0. The van der Waals surface area contributed by atoms with Crippen LogP contribution < -0.4 is 5.32 Å². The maximum atomic E-state index is 12.6. The first-order chi connectivity index (χ1) is 16.1. The number of anilines is 1. The van der Waals surface area contributed by atoms with Crippen molar-refractivity contribution in [1.29, 1.82) is 0 Å². The van der Waals surface area contributed by atoms with Gasteiger partial charge in [-0.05, 0) is 62.1 Å². The Hall–Kier alpha value is -3.92. The molecule has 0 radical (unpaired) electrons. The largest absolute Gasteiger partial charge is 0.353 e. The zero-order valence-electron chi connectivity index (χ0n) is 19.0. The lowest BCUT2D eigenvalue weighted by Gasteiger charge is -2.10. The van der Waals surface area contributed by atoms with Gasteiger partial charge in [-0.2, -0.15) is 0 Å². The average Bonchev–Trinajstić information content (AvgIpc) is 3.19. The molecule has 0 spiro atoms. The number of H-pyrrole nitrogens is 1. The summed E-state index contributed by atoms with van der Waals surface area (Å²) < 4.78 is 0. The number of nitrogens with zero attached hydrogens (tertiary/aromatic N) is 1. The molecule has 3 aromatic carbocycles. The number of nitrogens with one attached hydrogen (secondary N) is 2. The summed E-state index contributed by atoms with van der Waals surface area (Å²) in [6.45, 7) is 4.08. The molecule has 164 valence electrons. The lowest BCUT2D eigenvalue weighted by Crippen LogP contribution is -2.12. The van der Waals surface area contributed by atoms with Crippen molar-refractivity contribution in [1.82, 2.24) is 9.97 Å². The van der Waals surface area contributed by atoms with Crippen LogP contribution in [0.3, 0.4) is 0 Å². The number of fused-ring (bicyclic) bond motifs is 2. The molecule has 0 aliphatic rings. The van der Waals surface area contributed by atoms with E-state index in [1.165, 1.54) is 16.5 Å². The number of aromatic nitrogens is 2. The van der Waals surface area contributed by atoms with Gasteiger partial charge in [-0.3, -0.25) is 4.79 Å². The van der Waals surface area contributed by atoms with Crippen LogP contribution in [0.2, 0.25) is 0 Å². The Morgan fingerprint density at radius 2 is 1.76 bits per heavy atom.